The Morgan fingerprint density at radius 2 is 2.15 bits per heavy atom. The molecule has 0 radical (unpaired) electrons. The maximum atomic E-state index is 13.5. The zero-order valence-electron chi connectivity index (χ0n) is 12.0. The predicted molar refractivity (Wildman–Crippen MR) is 92.0 cm³/mol. The Kier molecular flexibility index (Phi) is 7.26. The fourth-order valence-corrected chi connectivity index (χ4v) is 2.31. The molecule has 2 rings (SSSR count). The summed E-state index contributed by atoms with van der Waals surface area (Å²) >= 11 is 0. The first-order chi connectivity index (χ1) is 9.24. The van der Waals surface area contributed by atoms with Crippen LogP contribution in [0.15, 0.2) is 29.3 Å². The van der Waals surface area contributed by atoms with Gasteiger partial charge in [-0.05, 0) is 24.8 Å². The molecule has 2 N–H and O–H groups in total. The van der Waals surface area contributed by atoms with Crippen LogP contribution in [0.2, 0.25) is 0 Å². The van der Waals surface area contributed by atoms with Crippen LogP contribution in [0.1, 0.15) is 31.7 Å². The highest BCUT2D eigenvalue weighted by atomic mass is 127. The minimum absolute atomic E-state index is 0. The van der Waals surface area contributed by atoms with Crippen LogP contribution < -0.4 is 10.6 Å². The highest BCUT2D eigenvalue weighted by Gasteiger charge is 2.36. The highest BCUT2D eigenvalue weighted by molar-refractivity contribution is 14.0. The van der Waals surface area contributed by atoms with Crippen molar-refractivity contribution in [2.75, 3.05) is 7.05 Å². The van der Waals surface area contributed by atoms with E-state index in [-0.39, 0.29) is 29.8 Å². The minimum Gasteiger partial charge on any atom is -0.353 e. The van der Waals surface area contributed by atoms with E-state index < -0.39 is 0 Å². The lowest BCUT2D eigenvalue weighted by Gasteiger charge is -2.12. The molecule has 20 heavy (non-hydrogen) atoms. The summed E-state index contributed by atoms with van der Waals surface area (Å²) in [6.45, 7) is 2.66. The van der Waals surface area contributed by atoms with Crippen LogP contribution in [-0.2, 0) is 6.54 Å². The first kappa shape index (κ1) is 17.2. The number of nitrogens with one attached hydrogen (secondary N) is 2. The summed E-state index contributed by atoms with van der Waals surface area (Å²) in [5.74, 6) is 1.35. The molecule has 1 saturated carbocycles. The molecular weight excluding hydrogens is 368 g/mol. The van der Waals surface area contributed by atoms with Crippen LogP contribution in [0.25, 0.3) is 0 Å². The van der Waals surface area contributed by atoms with Crippen molar-refractivity contribution in [3.8, 4) is 0 Å². The molecule has 1 aromatic rings. The fourth-order valence-electron chi connectivity index (χ4n) is 2.31. The van der Waals surface area contributed by atoms with Gasteiger partial charge in [-0.3, -0.25) is 4.99 Å². The molecule has 3 nitrogen and oxygen atoms in total. The molecule has 0 amide bonds. The second-order valence-electron chi connectivity index (χ2n) is 5.05. The van der Waals surface area contributed by atoms with Gasteiger partial charge in [-0.2, -0.15) is 0 Å². The Morgan fingerprint density at radius 1 is 1.40 bits per heavy atom. The average molecular weight is 391 g/mol. The van der Waals surface area contributed by atoms with Gasteiger partial charge in [-0.15, -0.1) is 24.0 Å². The van der Waals surface area contributed by atoms with E-state index in [1.807, 2.05) is 6.07 Å². The van der Waals surface area contributed by atoms with Gasteiger partial charge in [0.15, 0.2) is 5.96 Å². The van der Waals surface area contributed by atoms with Crippen LogP contribution in [0.5, 0.6) is 0 Å². The van der Waals surface area contributed by atoms with Gasteiger partial charge in [0.1, 0.15) is 5.82 Å². The normalized spacial score (nSPS) is 21.1. The largest absolute Gasteiger partial charge is 0.353 e. The summed E-state index contributed by atoms with van der Waals surface area (Å²) in [5.41, 5.74) is 0.659. The van der Waals surface area contributed by atoms with Crippen molar-refractivity contribution in [3.63, 3.8) is 0 Å². The summed E-state index contributed by atoms with van der Waals surface area (Å²) < 4.78 is 13.5. The Hall–Kier alpha value is -0.850. The van der Waals surface area contributed by atoms with E-state index in [0.29, 0.717) is 18.2 Å². The molecular formula is C15H23FIN3. The first-order valence-corrected chi connectivity index (χ1v) is 6.95. The molecule has 1 aliphatic carbocycles. The van der Waals surface area contributed by atoms with E-state index in [0.717, 1.165) is 11.9 Å². The SMILES string of the molecule is CCCC1CC1NC(=NC)NCc1ccccc1F.I. The molecule has 112 valence electrons. The molecule has 0 saturated heterocycles. The smallest absolute Gasteiger partial charge is 0.191 e. The standard InChI is InChI=1S/C15H22FN3.HI/c1-3-6-11-9-14(11)19-15(17-2)18-10-12-7-4-5-8-13(12)16;/h4-5,7-8,11,14H,3,6,9-10H2,1-2H3,(H2,17,18,19);1H. The highest BCUT2D eigenvalue weighted by Crippen LogP contribution is 2.34. The Bertz CT molecular complexity index is 450. The van der Waals surface area contributed by atoms with Gasteiger partial charge in [-0.25, -0.2) is 4.39 Å². The van der Waals surface area contributed by atoms with Crippen molar-refractivity contribution < 1.29 is 4.39 Å². The van der Waals surface area contributed by atoms with Crippen LogP contribution in [0.3, 0.4) is 0 Å². The second kappa shape index (κ2) is 8.44. The van der Waals surface area contributed by atoms with Crippen LogP contribution in [-0.4, -0.2) is 19.0 Å². The van der Waals surface area contributed by atoms with Gasteiger partial charge in [0.25, 0.3) is 0 Å². The summed E-state index contributed by atoms with van der Waals surface area (Å²) in [7, 11) is 1.74. The van der Waals surface area contributed by atoms with Crippen LogP contribution >= 0.6 is 24.0 Å². The zero-order chi connectivity index (χ0) is 13.7. The summed E-state index contributed by atoms with van der Waals surface area (Å²) in [6.07, 6.45) is 3.71. The second-order valence-corrected chi connectivity index (χ2v) is 5.05. The quantitative estimate of drug-likeness (QED) is 0.459. The van der Waals surface area contributed by atoms with Gasteiger partial charge < -0.3 is 10.6 Å². The third kappa shape index (κ3) is 4.92. The Labute approximate surface area is 137 Å². The molecule has 0 bridgehead atoms. The first-order valence-electron chi connectivity index (χ1n) is 6.95. The lowest BCUT2D eigenvalue weighted by molar-refractivity contribution is 0.603. The van der Waals surface area contributed by atoms with Crippen molar-refractivity contribution in [2.24, 2.45) is 10.9 Å². The van der Waals surface area contributed by atoms with Crippen molar-refractivity contribution >= 4 is 29.9 Å². The van der Waals surface area contributed by atoms with E-state index in [4.69, 9.17) is 0 Å². The van der Waals surface area contributed by atoms with Crippen molar-refractivity contribution in [1.29, 1.82) is 0 Å². The van der Waals surface area contributed by atoms with Gasteiger partial charge in [-0.1, -0.05) is 31.5 Å². The number of benzene rings is 1. The molecule has 1 aromatic carbocycles. The molecule has 0 aromatic heterocycles. The summed E-state index contributed by atoms with van der Waals surface area (Å²) in [6, 6.07) is 7.34. The van der Waals surface area contributed by atoms with Gasteiger partial charge in [0.2, 0.25) is 0 Å². The average Bonchev–Trinajstić information content (AvgIpc) is 3.14. The molecule has 0 aliphatic heterocycles. The van der Waals surface area contributed by atoms with Gasteiger partial charge in [0, 0.05) is 25.2 Å². The lowest BCUT2D eigenvalue weighted by atomic mass is 10.2. The molecule has 1 aliphatic rings. The molecule has 0 spiro atoms. The van der Waals surface area contributed by atoms with E-state index in [1.165, 1.54) is 25.3 Å². The van der Waals surface area contributed by atoms with E-state index in [1.54, 1.807) is 19.2 Å². The number of aliphatic imine (C=N–C) groups is 1. The number of hydrogen-bond acceptors (Lipinski definition) is 1. The molecule has 5 heteroatoms. The number of halogens is 2. The van der Waals surface area contributed by atoms with Crippen molar-refractivity contribution in [3.05, 3.63) is 35.6 Å². The monoisotopic (exact) mass is 391 g/mol. The molecule has 1 fully saturated rings. The van der Waals surface area contributed by atoms with Gasteiger partial charge in [0.05, 0.1) is 0 Å². The Morgan fingerprint density at radius 3 is 2.80 bits per heavy atom. The van der Waals surface area contributed by atoms with E-state index >= 15 is 0 Å². The van der Waals surface area contributed by atoms with E-state index in [9.17, 15) is 4.39 Å². The van der Waals surface area contributed by atoms with Gasteiger partial charge >= 0.3 is 0 Å². The third-order valence-corrected chi connectivity index (χ3v) is 3.53. The number of rotatable bonds is 5. The summed E-state index contributed by atoms with van der Waals surface area (Å²) in [5, 5.41) is 6.54. The Balaban J connectivity index is 0.00000200. The topological polar surface area (TPSA) is 36.4 Å². The minimum atomic E-state index is -0.180. The number of guanidine groups is 1. The maximum absolute atomic E-state index is 13.5. The molecule has 2 unspecified atom stereocenters. The fraction of sp³-hybridized carbons (Fsp3) is 0.533. The van der Waals surface area contributed by atoms with E-state index in [2.05, 4.69) is 22.5 Å². The predicted octanol–water partition coefficient (Wildman–Crippen LogP) is 3.30. The molecule has 0 heterocycles. The zero-order valence-corrected chi connectivity index (χ0v) is 14.4. The number of nitrogens with zero attached hydrogens (tertiary/aromatic N) is 1. The summed E-state index contributed by atoms with van der Waals surface area (Å²) in [4.78, 5) is 4.18. The van der Waals surface area contributed by atoms with Crippen LogP contribution in [0.4, 0.5) is 4.39 Å². The van der Waals surface area contributed by atoms with Crippen LogP contribution in [0, 0.1) is 11.7 Å². The van der Waals surface area contributed by atoms with Crippen molar-refractivity contribution in [1.82, 2.24) is 10.6 Å². The third-order valence-electron chi connectivity index (χ3n) is 3.53. The maximum Gasteiger partial charge on any atom is 0.191 e. The van der Waals surface area contributed by atoms with Crippen molar-refractivity contribution in [2.45, 2.75) is 38.8 Å². The number of hydrogen-bond donors (Lipinski definition) is 2. The molecule has 2 atom stereocenters. The lowest BCUT2D eigenvalue weighted by Crippen LogP contribution is -2.38.